The fourth-order valence-electron chi connectivity index (χ4n) is 0. The van der Waals surface area contributed by atoms with Crippen LogP contribution in [0.2, 0.25) is 0 Å². The van der Waals surface area contributed by atoms with Crippen molar-refractivity contribution in [1.29, 1.82) is 0 Å². The SMILES string of the molecule is C[C@@](N)(Br)C(=O)O. The third-order valence-electron chi connectivity index (χ3n) is 0.418. The molecule has 3 nitrogen and oxygen atoms in total. The van der Waals surface area contributed by atoms with Gasteiger partial charge in [0.2, 0.25) is 0 Å². The Morgan fingerprint density at radius 3 is 2.14 bits per heavy atom. The first-order valence-corrected chi connectivity index (χ1v) is 2.45. The molecule has 0 fully saturated rings. The van der Waals surface area contributed by atoms with Crippen LogP contribution in [-0.4, -0.2) is 15.5 Å². The zero-order valence-corrected chi connectivity index (χ0v) is 5.40. The molecule has 0 heterocycles. The van der Waals surface area contributed by atoms with Gasteiger partial charge in [0.25, 0.3) is 0 Å². The summed E-state index contributed by atoms with van der Waals surface area (Å²) in [6.45, 7) is 1.36. The van der Waals surface area contributed by atoms with Crippen LogP contribution in [0.4, 0.5) is 0 Å². The van der Waals surface area contributed by atoms with Gasteiger partial charge in [-0.15, -0.1) is 0 Å². The van der Waals surface area contributed by atoms with Gasteiger partial charge in [-0.25, -0.2) is 4.79 Å². The Labute approximate surface area is 49.6 Å². The average Bonchev–Trinajstić information content (AvgIpc) is 1.31. The number of alkyl halides is 1. The number of carboxylic acids is 1. The molecular weight excluding hydrogens is 162 g/mol. The summed E-state index contributed by atoms with van der Waals surface area (Å²) in [7, 11) is 0. The fraction of sp³-hybridized carbons (Fsp3) is 0.667. The van der Waals surface area contributed by atoms with Crippen LogP contribution in [0.5, 0.6) is 0 Å². The van der Waals surface area contributed by atoms with Gasteiger partial charge in [-0.05, 0) is 6.92 Å². The molecular formula is C3H6BrNO2. The molecule has 0 aromatic heterocycles. The molecule has 42 valence electrons. The largest absolute Gasteiger partial charge is 0.479 e. The van der Waals surface area contributed by atoms with Crippen molar-refractivity contribution in [3.05, 3.63) is 0 Å². The normalized spacial score (nSPS) is 18.1. The second-order valence-corrected chi connectivity index (χ2v) is 3.03. The number of hydrogen-bond acceptors (Lipinski definition) is 2. The molecule has 0 saturated carbocycles. The number of carboxylic acid groups (broad SMARTS) is 1. The summed E-state index contributed by atoms with van der Waals surface area (Å²) >= 11 is 2.72. The van der Waals surface area contributed by atoms with Gasteiger partial charge in [0.15, 0.2) is 4.45 Å². The molecule has 0 amide bonds. The average molecular weight is 168 g/mol. The lowest BCUT2D eigenvalue weighted by molar-refractivity contribution is -0.139. The molecule has 0 radical (unpaired) electrons. The van der Waals surface area contributed by atoms with E-state index in [1.807, 2.05) is 0 Å². The highest BCUT2D eigenvalue weighted by molar-refractivity contribution is 9.10. The molecule has 4 heteroatoms. The van der Waals surface area contributed by atoms with Gasteiger partial charge in [-0.3, -0.25) is 0 Å². The van der Waals surface area contributed by atoms with Gasteiger partial charge in [-0.1, -0.05) is 15.9 Å². The molecule has 3 N–H and O–H groups in total. The number of aliphatic carboxylic acids is 1. The summed E-state index contributed by atoms with van der Waals surface area (Å²) in [5.74, 6) is -1.06. The topological polar surface area (TPSA) is 63.3 Å². The quantitative estimate of drug-likeness (QED) is 0.432. The molecule has 0 saturated heterocycles. The minimum atomic E-state index is -1.27. The summed E-state index contributed by atoms with van der Waals surface area (Å²) < 4.78 is -1.27. The van der Waals surface area contributed by atoms with E-state index >= 15 is 0 Å². The van der Waals surface area contributed by atoms with E-state index in [2.05, 4.69) is 15.9 Å². The second-order valence-electron chi connectivity index (χ2n) is 1.38. The van der Waals surface area contributed by atoms with Gasteiger partial charge in [0.05, 0.1) is 0 Å². The highest BCUT2D eigenvalue weighted by atomic mass is 79.9. The smallest absolute Gasteiger partial charge is 0.334 e. The maximum absolute atomic E-state index is 9.85. The monoisotopic (exact) mass is 167 g/mol. The van der Waals surface area contributed by atoms with Crippen LogP contribution in [0, 0.1) is 0 Å². The van der Waals surface area contributed by atoms with Crippen molar-refractivity contribution in [3.8, 4) is 0 Å². The van der Waals surface area contributed by atoms with Gasteiger partial charge in [0.1, 0.15) is 0 Å². The van der Waals surface area contributed by atoms with Crippen LogP contribution in [0.25, 0.3) is 0 Å². The van der Waals surface area contributed by atoms with E-state index < -0.39 is 10.4 Å². The number of halogens is 1. The van der Waals surface area contributed by atoms with Crippen molar-refractivity contribution in [2.45, 2.75) is 11.4 Å². The summed E-state index contributed by atoms with van der Waals surface area (Å²) in [5, 5.41) is 8.08. The van der Waals surface area contributed by atoms with E-state index in [-0.39, 0.29) is 0 Å². The molecule has 0 rings (SSSR count). The maximum Gasteiger partial charge on any atom is 0.334 e. The molecule has 1 atom stereocenters. The van der Waals surface area contributed by atoms with Crippen molar-refractivity contribution >= 4 is 21.9 Å². The molecule has 0 unspecified atom stereocenters. The van der Waals surface area contributed by atoms with Gasteiger partial charge >= 0.3 is 5.97 Å². The fourth-order valence-corrected chi connectivity index (χ4v) is 0. The molecule has 0 aliphatic heterocycles. The Morgan fingerprint density at radius 1 is 2.00 bits per heavy atom. The Balaban J connectivity index is 3.79. The van der Waals surface area contributed by atoms with Crippen LogP contribution < -0.4 is 5.73 Å². The number of hydrogen-bond donors (Lipinski definition) is 2. The lowest BCUT2D eigenvalue weighted by Gasteiger charge is -2.06. The van der Waals surface area contributed by atoms with Crippen LogP contribution in [0.1, 0.15) is 6.92 Å². The summed E-state index contributed by atoms with van der Waals surface area (Å²) in [4.78, 5) is 9.85. The molecule has 7 heavy (non-hydrogen) atoms. The van der Waals surface area contributed by atoms with Crippen molar-refractivity contribution in [1.82, 2.24) is 0 Å². The third kappa shape index (κ3) is 2.59. The van der Waals surface area contributed by atoms with E-state index in [1.54, 1.807) is 0 Å². The lowest BCUT2D eigenvalue weighted by atomic mass is 10.4. The Hall–Kier alpha value is -0.0900. The number of rotatable bonds is 1. The predicted molar refractivity (Wildman–Crippen MR) is 29.2 cm³/mol. The molecule has 0 spiro atoms. The van der Waals surface area contributed by atoms with Gasteiger partial charge in [0, 0.05) is 0 Å². The van der Waals surface area contributed by atoms with Crippen LogP contribution in [0.15, 0.2) is 0 Å². The van der Waals surface area contributed by atoms with Crippen LogP contribution in [0.3, 0.4) is 0 Å². The van der Waals surface area contributed by atoms with E-state index in [0.29, 0.717) is 0 Å². The highest BCUT2D eigenvalue weighted by Gasteiger charge is 2.22. The standard InChI is InChI=1S/C3H6BrNO2/c1-3(4,5)2(6)7/h5H2,1H3,(H,6,7)/t3-/m0/s1. The van der Waals surface area contributed by atoms with Gasteiger partial charge < -0.3 is 10.8 Å². The molecule has 0 aliphatic rings. The van der Waals surface area contributed by atoms with E-state index in [4.69, 9.17) is 10.8 Å². The molecule has 0 bridgehead atoms. The predicted octanol–water partition coefficient (Wildman–Crippen LogP) is 0.141. The first-order chi connectivity index (χ1) is 2.94. The van der Waals surface area contributed by atoms with Crippen molar-refractivity contribution in [2.75, 3.05) is 0 Å². The zero-order chi connectivity index (χ0) is 6.08. The van der Waals surface area contributed by atoms with Crippen molar-refractivity contribution < 1.29 is 9.90 Å². The highest BCUT2D eigenvalue weighted by Crippen LogP contribution is 2.06. The molecule has 0 aromatic rings. The number of nitrogens with two attached hydrogens (primary N) is 1. The Morgan fingerprint density at radius 2 is 2.14 bits per heavy atom. The minimum absolute atomic E-state index is 1.06. The first-order valence-electron chi connectivity index (χ1n) is 1.66. The van der Waals surface area contributed by atoms with Crippen LogP contribution >= 0.6 is 15.9 Å². The van der Waals surface area contributed by atoms with Crippen molar-refractivity contribution in [2.24, 2.45) is 5.73 Å². The maximum atomic E-state index is 9.85. The van der Waals surface area contributed by atoms with E-state index in [9.17, 15) is 4.79 Å². The Kier molecular flexibility index (Phi) is 1.77. The van der Waals surface area contributed by atoms with Crippen molar-refractivity contribution in [3.63, 3.8) is 0 Å². The van der Waals surface area contributed by atoms with Gasteiger partial charge in [-0.2, -0.15) is 0 Å². The lowest BCUT2D eigenvalue weighted by Crippen LogP contribution is -2.37. The first kappa shape index (κ1) is 6.91. The molecule has 0 aromatic carbocycles. The number of carbonyl (C=O) groups is 1. The Bertz CT molecular complexity index is 85.4. The molecule has 0 aliphatic carbocycles. The van der Waals surface area contributed by atoms with E-state index in [1.165, 1.54) is 6.92 Å². The van der Waals surface area contributed by atoms with Crippen LogP contribution in [-0.2, 0) is 4.79 Å². The zero-order valence-electron chi connectivity index (χ0n) is 3.81. The second kappa shape index (κ2) is 1.79. The summed E-state index contributed by atoms with van der Waals surface area (Å²) in [6, 6.07) is 0. The third-order valence-corrected chi connectivity index (χ3v) is 0.757. The minimum Gasteiger partial charge on any atom is -0.479 e. The van der Waals surface area contributed by atoms with E-state index in [0.717, 1.165) is 0 Å². The summed E-state index contributed by atoms with van der Waals surface area (Å²) in [6.07, 6.45) is 0. The summed E-state index contributed by atoms with van der Waals surface area (Å²) in [5.41, 5.74) is 5.00.